The van der Waals surface area contributed by atoms with Crippen LogP contribution in [0.15, 0.2) is 18.2 Å². The molecule has 0 atom stereocenters. The first-order valence-electron chi connectivity index (χ1n) is 7.61. The lowest BCUT2D eigenvalue weighted by Gasteiger charge is -2.27. The molecular formula is C17H23N3O. The van der Waals surface area contributed by atoms with E-state index >= 15 is 0 Å². The van der Waals surface area contributed by atoms with E-state index in [1.807, 2.05) is 6.07 Å². The lowest BCUT2D eigenvalue weighted by atomic mass is 9.95. The molecule has 2 heterocycles. The minimum atomic E-state index is 0.868. The number of hydrogen-bond donors (Lipinski definition) is 1. The summed E-state index contributed by atoms with van der Waals surface area (Å²) in [6, 6.07) is 6.21. The van der Waals surface area contributed by atoms with Gasteiger partial charge in [-0.25, -0.2) is 4.98 Å². The molecule has 3 rings (SSSR count). The molecule has 0 fully saturated rings. The molecule has 112 valence electrons. The van der Waals surface area contributed by atoms with Crippen LogP contribution in [0.25, 0.3) is 10.9 Å². The predicted octanol–water partition coefficient (Wildman–Crippen LogP) is 2.34. The van der Waals surface area contributed by atoms with Crippen molar-refractivity contribution in [2.24, 2.45) is 0 Å². The van der Waals surface area contributed by atoms with Gasteiger partial charge >= 0.3 is 0 Å². The molecule has 21 heavy (non-hydrogen) atoms. The average molecular weight is 285 g/mol. The molecule has 0 saturated heterocycles. The van der Waals surface area contributed by atoms with Crippen molar-refractivity contribution in [3.05, 3.63) is 35.0 Å². The fourth-order valence-corrected chi connectivity index (χ4v) is 3.08. The molecule has 0 amide bonds. The minimum Gasteiger partial charge on any atom is -0.494 e. The Labute approximate surface area is 126 Å². The van der Waals surface area contributed by atoms with E-state index in [1.165, 1.54) is 22.2 Å². The molecule has 0 aliphatic carbocycles. The van der Waals surface area contributed by atoms with Crippen LogP contribution in [0, 0.1) is 0 Å². The summed E-state index contributed by atoms with van der Waals surface area (Å²) in [5.41, 5.74) is 5.00. The Morgan fingerprint density at radius 3 is 3.00 bits per heavy atom. The molecule has 0 saturated carbocycles. The fraction of sp³-hybridized carbons (Fsp3) is 0.471. The van der Waals surface area contributed by atoms with Crippen molar-refractivity contribution in [1.29, 1.82) is 0 Å². The van der Waals surface area contributed by atoms with Gasteiger partial charge in [0.1, 0.15) is 11.3 Å². The second kappa shape index (κ2) is 6.00. The van der Waals surface area contributed by atoms with Crippen LogP contribution in [0.1, 0.15) is 23.7 Å². The Morgan fingerprint density at radius 1 is 1.38 bits per heavy atom. The molecule has 1 aromatic carbocycles. The zero-order valence-electron chi connectivity index (χ0n) is 13.1. The van der Waals surface area contributed by atoms with Gasteiger partial charge in [-0.3, -0.25) is 0 Å². The monoisotopic (exact) mass is 285 g/mol. The van der Waals surface area contributed by atoms with Crippen LogP contribution in [-0.2, 0) is 19.5 Å². The zero-order chi connectivity index (χ0) is 14.8. The van der Waals surface area contributed by atoms with Gasteiger partial charge in [0.25, 0.3) is 0 Å². The number of para-hydroxylation sites is 1. The number of likely N-dealkylation sites (N-methyl/N-ethyl adjacent to an activating group) is 1. The molecule has 0 radical (unpaired) electrons. The van der Waals surface area contributed by atoms with Gasteiger partial charge in [0.05, 0.1) is 7.11 Å². The van der Waals surface area contributed by atoms with E-state index in [0.29, 0.717) is 0 Å². The number of pyridine rings is 1. The standard InChI is InChI=1S/C17H23N3O/c1-4-18-10-13-12-6-5-7-16(21-3)17(12)19-15-8-9-20(2)11-14(13)15/h5-7,18H,4,8-11H2,1-3H3. The van der Waals surface area contributed by atoms with Crippen LogP contribution in [0.2, 0.25) is 0 Å². The third kappa shape index (κ3) is 2.61. The van der Waals surface area contributed by atoms with Crippen LogP contribution in [0.4, 0.5) is 0 Å². The Bertz CT molecular complexity index is 654. The van der Waals surface area contributed by atoms with E-state index in [9.17, 15) is 0 Å². The fourth-order valence-electron chi connectivity index (χ4n) is 3.08. The quantitative estimate of drug-likeness (QED) is 0.935. The number of methoxy groups -OCH3 is 1. The van der Waals surface area contributed by atoms with Crippen LogP contribution in [0.3, 0.4) is 0 Å². The first-order chi connectivity index (χ1) is 10.2. The Morgan fingerprint density at radius 2 is 2.24 bits per heavy atom. The number of nitrogens with zero attached hydrogens (tertiary/aromatic N) is 2. The Balaban J connectivity index is 2.23. The number of benzene rings is 1. The molecule has 1 aromatic heterocycles. The number of hydrogen-bond acceptors (Lipinski definition) is 4. The van der Waals surface area contributed by atoms with Crippen molar-refractivity contribution < 1.29 is 4.74 Å². The number of aromatic nitrogens is 1. The summed E-state index contributed by atoms with van der Waals surface area (Å²) in [5.74, 6) is 0.868. The Hall–Kier alpha value is -1.65. The van der Waals surface area contributed by atoms with Gasteiger partial charge in [0.15, 0.2) is 0 Å². The van der Waals surface area contributed by atoms with Crippen LogP contribution < -0.4 is 10.1 Å². The highest BCUT2D eigenvalue weighted by Gasteiger charge is 2.21. The van der Waals surface area contributed by atoms with Crippen molar-refractivity contribution in [3.8, 4) is 5.75 Å². The van der Waals surface area contributed by atoms with E-state index in [-0.39, 0.29) is 0 Å². The number of fused-ring (bicyclic) bond motifs is 2. The Kier molecular flexibility index (Phi) is 4.08. The van der Waals surface area contributed by atoms with Crippen molar-refractivity contribution in [1.82, 2.24) is 15.2 Å². The molecule has 0 spiro atoms. The maximum atomic E-state index is 5.51. The van der Waals surface area contributed by atoms with Crippen molar-refractivity contribution in [2.75, 3.05) is 27.2 Å². The van der Waals surface area contributed by atoms with E-state index in [0.717, 1.165) is 43.9 Å². The molecule has 0 bridgehead atoms. The molecular weight excluding hydrogens is 262 g/mol. The molecule has 1 aliphatic heterocycles. The SMILES string of the molecule is CCNCc1c2c(nc3c(OC)cccc13)CCN(C)C2. The summed E-state index contributed by atoms with van der Waals surface area (Å²) in [4.78, 5) is 7.28. The maximum absolute atomic E-state index is 5.51. The second-order valence-electron chi connectivity index (χ2n) is 5.64. The lowest BCUT2D eigenvalue weighted by molar-refractivity contribution is 0.308. The molecule has 4 nitrogen and oxygen atoms in total. The van der Waals surface area contributed by atoms with E-state index < -0.39 is 0 Å². The van der Waals surface area contributed by atoms with Gasteiger partial charge in [-0.2, -0.15) is 0 Å². The number of rotatable bonds is 4. The predicted molar refractivity (Wildman–Crippen MR) is 85.7 cm³/mol. The summed E-state index contributed by atoms with van der Waals surface area (Å²) in [5, 5.41) is 4.68. The lowest BCUT2D eigenvalue weighted by Crippen LogP contribution is -2.29. The first kappa shape index (κ1) is 14.3. The van der Waals surface area contributed by atoms with Gasteiger partial charge in [-0.15, -0.1) is 0 Å². The average Bonchev–Trinajstić information content (AvgIpc) is 2.51. The van der Waals surface area contributed by atoms with Crippen LogP contribution >= 0.6 is 0 Å². The van der Waals surface area contributed by atoms with Crippen LogP contribution in [-0.4, -0.2) is 37.1 Å². The molecule has 2 aromatic rings. The summed E-state index contributed by atoms with van der Waals surface area (Å²) in [6.45, 7) is 6.05. The van der Waals surface area contributed by atoms with Crippen molar-refractivity contribution in [3.63, 3.8) is 0 Å². The van der Waals surface area contributed by atoms with Gasteiger partial charge in [-0.1, -0.05) is 19.1 Å². The largest absolute Gasteiger partial charge is 0.494 e. The molecule has 0 unspecified atom stereocenters. The summed E-state index contributed by atoms with van der Waals surface area (Å²) in [6.07, 6.45) is 1.01. The number of ether oxygens (including phenoxy) is 1. The minimum absolute atomic E-state index is 0.868. The summed E-state index contributed by atoms with van der Waals surface area (Å²) < 4.78 is 5.51. The van der Waals surface area contributed by atoms with Gasteiger partial charge in [0, 0.05) is 37.1 Å². The van der Waals surface area contributed by atoms with Gasteiger partial charge < -0.3 is 15.0 Å². The van der Waals surface area contributed by atoms with E-state index in [4.69, 9.17) is 9.72 Å². The van der Waals surface area contributed by atoms with E-state index in [2.05, 4.69) is 36.3 Å². The summed E-state index contributed by atoms with van der Waals surface area (Å²) >= 11 is 0. The topological polar surface area (TPSA) is 37.4 Å². The molecule has 1 aliphatic rings. The third-order valence-electron chi connectivity index (χ3n) is 4.21. The second-order valence-corrected chi connectivity index (χ2v) is 5.64. The normalized spacial score (nSPS) is 15.2. The molecule has 4 heteroatoms. The maximum Gasteiger partial charge on any atom is 0.145 e. The summed E-state index contributed by atoms with van der Waals surface area (Å²) in [7, 11) is 3.89. The van der Waals surface area contributed by atoms with Crippen LogP contribution in [0.5, 0.6) is 5.75 Å². The highest BCUT2D eigenvalue weighted by atomic mass is 16.5. The molecule has 1 N–H and O–H groups in total. The van der Waals surface area contributed by atoms with Gasteiger partial charge in [0.2, 0.25) is 0 Å². The third-order valence-corrected chi connectivity index (χ3v) is 4.21. The highest BCUT2D eigenvalue weighted by Crippen LogP contribution is 2.32. The highest BCUT2D eigenvalue weighted by molar-refractivity contribution is 5.88. The number of nitrogens with one attached hydrogen (secondary N) is 1. The van der Waals surface area contributed by atoms with Crippen molar-refractivity contribution in [2.45, 2.75) is 26.4 Å². The van der Waals surface area contributed by atoms with E-state index in [1.54, 1.807) is 7.11 Å². The van der Waals surface area contributed by atoms with Gasteiger partial charge in [-0.05, 0) is 30.8 Å². The zero-order valence-corrected chi connectivity index (χ0v) is 13.1. The van der Waals surface area contributed by atoms with Crippen molar-refractivity contribution >= 4 is 10.9 Å². The first-order valence-corrected chi connectivity index (χ1v) is 7.61. The smallest absolute Gasteiger partial charge is 0.145 e.